The van der Waals surface area contributed by atoms with E-state index in [0.717, 1.165) is 17.1 Å². The number of nitrogens with two attached hydrogens (primary N) is 1. The molecule has 0 aromatic heterocycles. The van der Waals surface area contributed by atoms with Crippen molar-refractivity contribution in [2.75, 3.05) is 6.61 Å². The van der Waals surface area contributed by atoms with Crippen LogP contribution in [0.5, 0.6) is 11.5 Å². The maximum Gasteiger partial charge on any atom is 0.152 e. The summed E-state index contributed by atoms with van der Waals surface area (Å²) in [5, 5.41) is 0. The van der Waals surface area contributed by atoms with Crippen LogP contribution in [0.4, 0.5) is 0 Å². The predicted molar refractivity (Wildman–Crippen MR) is 83.8 cm³/mol. The second kappa shape index (κ2) is 5.78. The average Bonchev–Trinajstić information content (AvgIpc) is 2.51. The molecule has 1 heterocycles. The van der Waals surface area contributed by atoms with Crippen molar-refractivity contribution in [3.05, 3.63) is 59.7 Å². The van der Waals surface area contributed by atoms with Gasteiger partial charge in [-0.2, -0.15) is 0 Å². The van der Waals surface area contributed by atoms with Crippen LogP contribution in [0.25, 0.3) is 0 Å². The molecule has 1 aliphatic heterocycles. The lowest BCUT2D eigenvalue weighted by Crippen LogP contribution is -2.40. The van der Waals surface area contributed by atoms with Crippen LogP contribution in [-0.2, 0) is 0 Å². The second-order valence-electron chi connectivity index (χ2n) is 5.76. The number of hydrogen-bond acceptors (Lipinski definition) is 3. The Labute approximate surface area is 125 Å². The summed E-state index contributed by atoms with van der Waals surface area (Å²) in [6, 6.07) is 15.9. The smallest absolute Gasteiger partial charge is 0.152 e. The van der Waals surface area contributed by atoms with E-state index in [2.05, 4.69) is 26.0 Å². The minimum absolute atomic E-state index is 0.165. The van der Waals surface area contributed by atoms with E-state index in [0.29, 0.717) is 12.5 Å². The summed E-state index contributed by atoms with van der Waals surface area (Å²) in [7, 11) is 0. The van der Waals surface area contributed by atoms with Crippen LogP contribution >= 0.6 is 0 Å². The first-order valence-electron chi connectivity index (χ1n) is 7.39. The number of para-hydroxylation sites is 1. The van der Waals surface area contributed by atoms with Crippen molar-refractivity contribution >= 4 is 0 Å². The van der Waals surface area contributed by atoms with Crippen molar-refractivity contribution in [2.24, 2.45) is 5.73 Å². The topological polar surface area (TPSA) is 44.5 Å². The lowest BCUT2D eigenvalue weighted by atomic mass is 9.99. The Kier molecular flexibility index (Phi) is 3.84. The van der Waals surface area contributed by atoms with Gasteiger partial charge in [0, 0.05) is 5.56 Å². The standard InChI is InChI=1S/C18H21NO2/c1-12(2)13-6-5-7-14(10-13)21-17-11-20-16-9-4-3-8-15(16)18(17)19/h3-10,12,17-18H,11,19H2,1-2H3. The molecule has 2 unspecified atom stereocenters. The van der Waals surface area contributed by atoms with Crippen molar-refractivity contribution in [3.63, 3.8) is 0 Å². The molecular formula is C18H21NO2. The predicted octanol–water partition coefficient (Wildman–Crippen LogP) is 3.65. The van der Waals surface area contributed by atoms with Gasteiger partial charge in [0.2, 0.25) is 0 Å². The van der Waals surface area contributed by atoms with Crippen LogP contribution in [-0.4, -0.2) is 12.7 Å². The molecule has 2 aromatic rings. The fourth-order valence-electron chi connectivity index (χ4n) is 2.59. The van der Waals surface area contributed by atoms with E-state index < -0.39 is 0 Å². The molecule has 2 aromatic carbocycles. The molecule has 3 rings (SSSR count). The first-order valence-corrected chi connectivity index (χ1v) is 7.39. The summed E-state index contributed by atoms with van der Waals surface area (Å²) >= 11 is 0. The molecule has 0 radical (unpaired) electrons. The Bertz CT molecular complexity index is 624. The fraction of sp³-hybridized carbons (Fsp3) is 0.333. The minimum atomic E-state index is -0.169. The number of fused-ring (bicyclic) bond motifs is 1. The molecule has 110 valence electrons. The van der Waals surface area contributed by atoms with Crippen LogP contribution in [0.1, 0.15) is 36.9 Å². The SMILES string of the molecule is CC(C)c1cccc(OC2COc3ccccc3C2N)c1. The van der Waals surface area contributed by atoms with Gasteiger partial charge in [-0.1, -0.05) is 44.2 Å². The number of hydrogen-bond donors (Lipinski definition) is 1. The molecule has 0 saturated carbocycles. The largest absolute Gasteiger partial charge is 0.489 e. The van der Waals surface area contributed by atoms with E-state index in [1.54, 1.807) is 0 Å². The quantitative estimate of drug-likeness (QED) is 0.935. The highest BCUT2D eigenvalue weighted by atomic mass is 16.5. The molecule has 0 bridgehead atoms. The Morgan fingerprint density at radius 1 is 1.14 bits per heavy atom. The van der Waals surface area contributed by atoms with Gasteiger partial charge in [-0.05, 0) is 29.7 Å². The monoisotopic (exact) mass is 283 g/mol. The number of ether oxygens (including phenoxy) is 2. The van der Waals surface area contributed by atoms with Gasteiger partial charge in [-0.25, -0.2) is 0 Å². The molecular weight excluding hydrogens is 262 g/mol. The van der Waals surface area contributed by atoms with Gasteiger partial charge in [0.1, 0.15) is 18.1 Å². The highest BCUT2D eigenvalue weighted by molar-refractivity contribution is 5.39. The van der Waals surface area contributed by atoms with Gasteiger partial charge in [0.25, 0.3) is 0 Å². The molecule has 2 atom stereocenters. The Morgan fingerprint density at radius 3 is 2.76 bits per heavy atom. The van der Waals surface area contributed by atoms with Gasteiger partial charge >= 0.3 is 0 Å². The lowest BCUT2D eigenvalue weighted by Gasteiger charge is -2.31. The van der Waals surface area contributed by atoms with Crippen molar-refractivity contribution in [1.29, 1.82) is 0 Å². The van der Waals surface area contributed by atoms with Gasteiger partial charge in [-0.15, -0.1) is 0 Å². The van der Waals surface area contributed by atoms with Crippen LogP contribution in [0.2, 0.25) is 0 Å². The molecule has 21 heavy (non-hydrogen) atoms. The number of benzene rings is 2. The summed E-state index contributed by atoms with van der Waals surface area (Å²) in [6.07, 6.45) is -0.165. The highest BCUT2D eigenvalue weighted by Gasteiger charge is 2.29. The van der Waals surface area contributed by atoms with Crippen LogP contribution < -0.4 is 15.2 Å². The normalized spacial score (nSPS) is 20.8. The Morgan fingerprint density at radius 2 is 1.95 bits per heavy atom. The van der Waals surface area contributed by atoms with E-state index in [9.17, 15) is 0 Å². The van der Waals surface area contributed by atoms with E-state index >= 15 is 0 Å². The summed E-state index contributed by atoms with van der Waals surface area (Å²) < 4.78 is 11.8. The van der Waals surface area contributed by atoms with Crippen molar-refractivity contribution in [2.45, 2.75) is 31.9 Å². The summed E-state index contributed by atoms with van der Waals surface area (Å²) in [5.41, 5.74) is 8.60. The molecule has 0 spiro atoms. The maximum atomic E-state index is 6.33. The Hall–Kier alpha value is -2.00. The van der Waals surface area contributed by atoms with Crippen LogP contribution in [0.3, 0.4) is 0 Å². The van der Waals surface area contributed by atoms with Crippen molar-refractivity contribution < 1.29 is 9.47 Å². The molecule has 0 amide bonds. The maximum absolute atomic E-state index is 6.33. The highest BCUT2D eigenvalue weighted by Crippen LogP contribution is 2.32. The van der Waals surface area contributed by atoms with E-state index in [4.69, 9.17) is 15.2 Å². The van der Waals surface area contributed by atoms with E-state index in [1.165, 1.54) is 5.56 Å². The third-order valence-electron chi connectivity index (χ3n) is 3.89. The van der Waals surface area contributed by atoms with Crippen molar-refractivity contribution in [1.82, 2.24) is 0 Å². The summed E-state index contributed by atoms with van der Waals surface area (Å²) in [5.74, 6) is 2.19. The molecule has 3 nitrogen and oxygen atoms in total. The molecule has 1 aliphatic rings. The second-order valence-corrected chi connectivity index (χ2v) is 5.76. The summed E-state index contributed by atoms with van der Waals surface area (Å²) in [6.45, 7) is 4.82. The van der Waals surface area contributed by atoms with E-state index in [-0.39, 0.29) is 12.1 Å². The first-order chi connectivity index (χ1) is 10.1. The fourth-order valence-corrected chi connectivity index (χ4v) is 2.59. The van der Waals surface area contributed by atoms with Gasteiger partial charge in [0.05, 0.1) is 6.04 Å². The average molecular weight is 283 g/mol. The Balaban J connectivity index is 1.79. The lowest BCUT2D eigenvalue weighted by molar-refractivity contribution is 0.0877. The third-order valence-corrected chi connectivity index (χ3v) is 3.89. The molecule has 2 N–H and O–H groups in total. The summed E-state index contributed by atoms with van der Waals surface area (Å²) in [4.78, 5) is 0. The molecule has 0 fully saturated rings. The minimum Gasteiger partial charge on any atom is -0.489 e. The molecule has 0 saturated heterocycles. The van der Waals surface area contributed by atoms with Gasteiger partial charge in [-0.3, -0.25) is 0 Å². The molecule has 3 heteroatoms. The van der Waals surface area contributed by atoms with Gasteiger partial charge in [0.15, 0.2) is 6.10 Å². The third kappa shape index (κ3) is 2.88. The number of rotatable bonds is 3. The first kappa shape index (κ1) is 14.0. The van der Waals surface area contributed by atoms with E-state index in [1.807, 2.05) is 36.4 Å². The molecule has 0 aliphatic carbocycles. The van der Waals surface area contributed by atoms with Crippen molar-refractivity contribution in [3.8, 4) is 11.5 Å². The zero-order chi connectivity index (χ0) is 14.8. The van der Waals surface area contributed by atoms with Crippen LogP contribution in [0.15, 0.2) is 48.5 Å². The van der Waals surface area contributed by atoms with Crippen LogP contribution in [0, 0.1) is 0 Å². The zero-order valence-electron chi connectivity index (χ0n) is 12.5. The van der Waals surface area contributed by atoms with Gasteiger partial charge < -0.3 is 15.2 Å². The zero-order valence-corrected chi connectivity index (χ0v) is 12.5.